The van der Waals surface area contributed by atoms with Crippen molar-refractivity contribution in [3.05, 3.63) is 30.3 Å². The molecule has 0 heterocycles. The number of hydrazine groups is 1. The summed E-state index contributed by atoms with van der Waals surface area (Å²) in [7, 11) is 0. The molecule has 1 radical (unpaired) electrons. The monoisotopic (exact) mass is 107 g/mol. The van der Waals surface area contributed by atoms with Crippen LogP contribution in [0.25, 0.3) is 0 Å². The number of nitrogen functional groups attached to an aromatic ring is 1. The second-order valence-corrected chi connectivity index (χ2v) is 1.43. The molecule has 1 aromatic rings. The number of hydrogen-bond acceptors (Lipinski definition) is 2. The van der Waals surface area contributed by atoms with Crippen LogP contribution in [-0.4, -0.2) is 0 Å². The molecule has 0 aromatic heterocycles. The number of nitrogens with two attached hydrogens (primary N) is 1. The first-order chi connectivity index (χ1) is 3.93. The molecular formula is C6H7N2. The molecule has 0 amide bonds. The summed E-state index contributed by atoms with van der Waals surface area (Å²) in [5.41, 5.74) is 3.41. The van der Waals surface area contributed by atoms with E-state index < -0.39 is 0 Å². The zero-order valence-corrected chi connectivity index (χ0v) is 4.39. The maximum absolute atomic E-state index is 5.09. The molecule has 2 nitrogen and oxygen atoms in total. The highest BCUT2D eigenvalue weighted by molar-refractivity contribution is 5.40. The molecule has 0 aliphatic rings. The van der Waals surface area contributed by atoms with Crippen LogP contribution in [0.3, 0.4) is 0 Å². The van der Waals surface area contributed by atoms with Crippen molar-refractivity contribution in [1.82, 2.24) is 0 Å². The van der Waals surface area contributed by atoms with Crippen molar-refractivity contribution in [2.24, 2.45) is 5.84 Å². The highest BCUT2D eigenvalue weighted by atomic mass is 15.2. The van der Waals surface area contributed by atoms with Crippen LogP contribution in [0, 0.1) is 6.07 Å². The van der Waals surface area contributed by atoms with E-state index in [-0.39, 0.29) is 0 Å². The summed E-state index contributed by atoms with van der Waals surface area (Å²) in [6.45, 7) is 0. The lowest BCUT2D eigenvalue weighted by Gasteiger charge is -1.93. The predicted molar refractivity (Wildman–Crippen MR) is 33.1 cm³/mol. The molecule has 0 saturated carbocycles. The highest BCUT2D eigenvalue weighted by Crippen LogP contribution is 1.99. The lowest BCUT2D eigenvalue weighted by atomic mass is 10.3. The van der Waals surface area contributed by atoms with Gasteiger partial charge in [0.2, 0.25) is 0 Å². The number of hydrogen-bond donors (Lipinski definition) is 2. The molecule has 8 heavy (non-hydrogen) atoms. The Morgan fingerprint density at radius 2 is 2.00 bits per heavy atom. The van der Waals surface area contributed by atoms with Gasteiger partial charge >= 0.3 is 0 Å². The molecule has 0 aliphatic carbocycles. The second-order valence-electron chi connectivity index (χ2n) is 1.43. The molecular weight excluding hydrogens is 100 g/mol. The Bertz CT molecular complexity index is 148. The lowest BCUT2D eigenvalue weighted by Crippen LogP contribution is -2.05. The Morgan fingerprint density at radius 3 is 2.38 bits per heavy atom. The molecule has 2 heteroatoms. The molecule has 41 valence electrons. The summed E-state index contributed by atoms with van der Waals surface area (Å²) >= 11 is 0. The van der Waals surface area contributed by atoms with Crippen LogP contribution in [0.5, 0.6) is 0 Å². The van der Waals surface area contributed by atoms with E-state index in [1.165, 1.54) is 0 Å². The molecule has 1 aromatic carbocycles. The highest BCUT2D eigenvalue weighted by Gasteiger charge is 1.78. The first-order valence-corrected chi connectivity index (χ1v) is 2.36. The number of benzene rings is 1. The van der Waals surface area contributed by atoms with Gasteiger partial charge in [-0.1, -0.05) is 12.1 Å². The van der Waals surface area contributed by atoms with E-state index in [2.05, 4.69) is 11.5 Å². The quantitative estimate of drug-likeness (QED) is 0.411. The van der Waals surface area contributed by atoms with E-state index >= 15 is 0 Å². The van der Waals surface area contributed by atoms with E-state index in [1.54, 1.807) is 12.1 Å². The molecule has 1 rings (SSSR count). The second kappa shape index (κ2) is 2.33. The van der Waals surface area contributed by atoms with E-state index in [4.69, 9.17) is 5.84 Å². The Hall–Kier alpha value is -1.02. The number of rotatable bonds is 1. The predicted octanol–water partition coefficient (Wildman–Crippen LogP) is 0.772. The van der Waals surface area contributed by atoms with Gasteiger partial charge in [-0.3, -0.25) is 5.84 Å². The fourth-order valence-corrected chi connectivity index (χ4v) is 0.483. The van der Waals surface area contributed by atoms with Crippen molar-refractivity contribution < 1.29 is 0 Å². The molecule has 0 bridgehead atoms. The molecule has 0 unspecified atom stereocenters. The Morgan fingerprint density at radius 1 is 1.38 bits per heavy atom. The van der Waals surface area contributed by atoms with E-state index in [0.717, 1.165) is 5.69 Å². The zero-order chi connectivity index (χ0) is 5.82. The minimum atomic E-state index is 0.906. The van der Waals surface area contributed by atoms with Crippen LogP contribution >= 0.6 is 0 Å². The first-order valence-electron chi connectivity index (χ1n) is 2.36. The van der Waals surface area contributed by atoms with Crippen molar-refractivity contribution in [3.63, 3.8) is 0 Å². The van der Waals surface area contributed by atoms with E-state index in [1.807, 2.05) is 12.1 Å². The van der Waals surface area contributed by atoms with Gasteiger partial charge in [0.25, 0.3) is 0 Å². The molecule has 0 spiro atoms. The first kappa shape index (κ1) is 5.12. The Kier molecular flexibility index (Phi) is 1.49. The largest absolute Gasteiger partial charge is 0.324 e. The number of nitrogens with one attached hydrogen (secondary N) is 1. The SMILES string of the molecule is NNc1cc[c]cc1. The standard InChI is InChI=1S/C6H7N2/c7-8-6-4-2-1-3-5-6/h2-5,8H,7H2. The van der Waals surface area contributed by atoms with Crippen molar-refractivity contribution >= 4 is 5.69 Å². The smallest absolute Gasteiger partial charge is 0.0485 e. The van der Waals surface area contributed by atoms with Crippen LogP contribution in [-0.2, 0) is 0 Å². The molecule has 0 fully saturated rings. The summed E-state index contributed by atoms with van der Waals surface area (Å²) in [5, 5.41) is 0. The van der Waals surface area contributed by atoms with Gasteiger partial charge in [0.15, 0.2) is 0 Å². The van der Waals surface area contributed by atoms with Crippen molar-refractivity contribution in [2.75, 3.05) is 5.43 Å². The third kappa shape index (κ3) is 0.978. The topological polar surface area (TPSA) is 38.0 Å². The molecule has 0 saturated heterocycles. The van der Waals surface area contributed by atoms with Crippen LogP contribution in [0.4, 0.5) is 5.69 Å². The fourth-order valence-electron chi connectivity index (χ4n) is 0.483. The van der Waals surface area contributed by atoms with Crippen LogP contribution < -0.4 is 11.3 Å². The zero-order valence-electron chi connectivity index (χ0n) is 4.39. The van der Waals surface area contributed by atoms with Crippen molar-refractivity contribution in [2.45, 2.75) is 0 Å². The maximum Gasteiger partial charge on any atom is 0.0485 e. The average molecular weight is 107 g/mol. The van der Waals surface area contributed by atoms with Gasteiger partial charge in [0, 0.05) is 5.69 Å². The minimum absolute atomic E-state index is 0.906. The van der Waals surface area contributed by atoms with Gasteiger partial charge in [0.1, 0.15) is 0 Å². The van der Waals surface area contributed by atoms with Gasteiger partial charge in [-0.2, -0.15) is 0 Å². The molecule has 3 N–H and O–H groups in total. The maximum atomic E-state index is 5.09. The molecule has 0 atom stereocenters. The van der Waals surface area contributed by atoms with Crippen molar-refractivity contribution in [3.8, 4) is 0 Å². The van der Waals surface area contributed by atoms with Gasteiger partial charge in [0.05, 0.1) is 0 Å². The average Bonchev–Trinajstić information content (AvgIpc) is 1.90. The van der Waals surface area contributed by atoms with Crippen LogP contribution in [0.1, 0.15) is 0 Å². The lowest BCUT2D eigenvalue weighted by molar-refractivity contribution is 1.35. The van der Waals surface area contributed by atoms with Gasteiger partial charge in [-0.15, -0.1) is 0 Å². The third-order valence-corrected chi connectivity index (χ3v) is 0.885. The van der Waals surface area contributed by atoms with Gasteiger partial charge in [-0.05, 0) is 18.2 Å². The summed E-state index contributed by atoms with van der Waals surface area (Å²) in [6.07, 6.45) is 0. The normalized spacial score (nSPS) is 8.62. The fraction of sp³-hybridized carbons (Fsp3) is 0. The van der Waals surface area contributed by atoms with Crippen LogP contribution in [0.2, 0.25) is 0 Å². The number of anilines is 1. The summed E-state index contributed by atoms with van der Waals surface area (Å²) in [5.74, 6) is 5.09. The Labute approximate surface area is 48.3 Å². The van der Waals surface area contributed by atoms with Gasteiger partial charge in [-0.25, -0.2) is 0 Å². The van der Waals surface area contributed by atoms with E-state index in [0.29, 0.717) is 0 Å². The van der Waals surface area contributed by atoms with Gasteiger partial charge < -0.3 is 5.43 Å². The molecule has 0 aliphatic heterocycles. The van der Waals surface area contributed by atoms with Crippen LogP contribution in [0.15, 0.2) is 24.3 Å². The third-order valence-electron chi connectivity index (χ3n) is 0.885. The summed E-state index contributed by atoms with van der Waals surface area (Å²) < 4.78 is 0. The summed E-state index contributed by atoms with van der Waals surface area (Å²) in [4.78, 5) is 0. The van der Waals surface area contributed by atoms with E-state index in [9.17, 15) is 0 Å². The van der Waals surface area contributed by atoms with Crippen molar-refractivity contribution in [1.29, 1.82) is 0 Å². The Balaban J connectivity index is 2.83. The minimum Gasteiger partial charge on any atom is -0.324 e. The summed E-state index contributed by atoms with van der Waals surface area (Å²) in [6, 6.07) is 10.2.